The summed E-state index contributed by atoms with van der Waals surface area (Å²) in [5.74, 6) is 1.27. The average Bonchev–Trinajstić information content (AvgIpc) is 3.07. The average molecular weight is 293 g/mol. The summed E-state index contributed by atoms with van der Waals surface area (Å²) in [6, 6.07) is 3.91. The SMILES string of the molecule is Cc1oc(-c2cccs2)nc1CC(=O)N(C)C(C)CN. The lowest BCUT2D eigenvalue weighted by Gasteiger charge is -2.23. The maximum absolute atomic E-state index is 12.2. The van der Waals surface area contributed by atoms with Crippen molar-refractivity contribution in [3.8, 4) is 10.8 Å². The van der Waals surface area contributed by atoms with Gasteiger partial charge in [0.1, 0.15) is 5.76 Å². The molecule has 0 saturated carbocycles. The van der Waals surface area contributed by atoms with Crippen LogP contribution in [0.5, 0.6) is 0 Å². The number of hydrogen-bond donors (Lipinski definition) is 1. The fourth-order valence-corrected chi connectivity index (χ4v) is 2.42. The van der Waals surface area contributed by atoms with Gasteiger partial charge in [-0.05, 0) is 25.3 Å². The van der Waals surface area contributed by atoms with Crippen molar-refractivity contribution < 1.29 is 9.21 Å². The van der Waals surface area contributed by atoms with Crippen molar-refractivity contribution >= 4 is 17.2 Å². The first kappa shape index (κ1) is 14.7. The fraction of sp³-hybridized carbons (Fsp3) is 0.429. The number of likely N-dealkylation sites (N-methyl/N-ethyl adjacent to an activating group) is 1. The molecule has 2 aromatic heterocycles. The molecule has 2 heterocycles. The zero-order valence-corrected chi connectivity index (χ0v) is 12.7. The Hall–Kier alpha value is -1.66. The standard InChI is InChI=1S/C14H19N3O2S/c1-9(8-15)17(3)13(18)7-11-10(2)19-14(16-11)12-5-4-6-20-12/h4-6,9H,7-8,15H2,1-3H3. The number of aromatic nitrogens is 1. The highest BCUT2D eigenvalue weighted by molar-refractivity contribution is 7.13. The Morgan fingerprint density at radius 3 is 2.95 bits per heavy atom. The Labute approximate surface area is 122 Å². The van der Waals surface area contributed by atoms with Crippen LogP contribution in [0.2, 0.25) is 0 Å². The number of carbonyl (C=O) groups excluding carboxylic acids is 1. The second-order valence-corrected chi connectivity index (χ2v) is 5.71. The highest BCUT2D eigenvalue weighted by Crippen LogP contribution is 2.26. The quantitative estimate of drug-likeness (QED) is 0.916. The summed E-state index contributed by atoms with van der Waals surface area (Å²) >= 11 is 1.56. The van der Waals surface area contributed by atoms with Crippen molar-refractivity contribution in [2.24, 2.45) is 5.73 Å². The van der Waals surface area contributed by atoms with E-state index in [-0.39, 0.29) is 18.4 Å². The highest BCUT2D eigenvalue weighted by atomic mass is 32.1. The molecule has 0 aliphatic rings. The van der Waals surface area contributed by atoms with E-state index in [2.05, 4.69) is 4.98 Å². The number of hydrogen-bond acceptors (Lipinski definition) is 5. The molecule has 0 aromatic carbocycles. The molecule has 108 valence electrons. The topological polar surface area (TPSA) is 72.4 Å². The first-order chi connectivity index (χ1) is 9.52. The van der Waals surface area contributed by atoms with Crippen molar-refractivity contribution in [3.05, 3.63) is 29.0 Å². The van der Waals surface area contributed by atoms with Crippen LogP contribution in [0.25, 0.3) is 10.8 Å². The van der Waals surface area contributed by atoms with Crippen LogP contribution in [0.15, 0.2) is 21.9 Å². The minimum Gasteiger partial charge on any atom is -0.440 e. The predicted molar refractivity (Wildman–Crippen MR) is 79.5 cm³/mol. The van der Waals surface area contributed by atoms with Gasteiger partial charge in [0.05, 0.1) is 17.0 Å². The van der Waals surface area contributed by atoms with Gasteiger partial charge < -0.3 is 15.1 Å². The van der Waals surface area contributed by atoms with Gasteiger partial charge in [0.15, 0.2) is 0 Å². The van der Waals surface area contributed by atoms with E-state index in [1.54, 1.807) is 23.3 Å². The van der Waals surface area contributed by atoms with Crippen LogP contribution in [0.1, 0.15) is 18.4 Å². The van der Waals surface area contributed by atoms with Crippen molar-refractivity contribution in [1.82, 2.24) is 9.88 Å². The predicted octanol–water partition coefficient (Wildman–Crippen LogP) is 2.06. The van der Waals surface area contributed by atoms with Gasteiger partial charge in [-0.1, -0.05) is 6.07 Å². The Kier molecular flexibility index (Phi) is 4.57. The minimum absolute atomic E-state index is 0.00270. The molecule has 2 N–H and O–H groups in total. The molecule has 20 heavy (non-hydrogen) atoms. The molecule has 0 aliphatic heterocycles. The second-order valence-electron chi connectivity index (χ2n) is 4.77. The zero-order valence-electron chi connectivity index (χ0n) is 11.9. The highest BCUT2D eigenvalue weighted by Gasteiger charge is 2.19. The first-order valence-corrected chi connectivity index (χ1v) is 7.36. The summed E-state index contributed by atoms with van der Waals surface area (Å²) in [6.45, 7) is 4.20. The Balaban J connectivity index is 2.12. The third kappa shape index (κ3) is 3.08. The van der Waals surface area contributed by atoms with Crippen LogP contribution in [0.3, 0.4) is 0 Å². The number of rotatable bonds is 5. The van der Waals surface area contributed by atoms with E-state index < -0.39 is 0 Å². The summed E-state index contributed by atoms with van der Waals surface area (Å²) in [4.78, 5) is 19.2. The number of aryl methyl sites for hydroxylation is 1. The van der Waals surface area contributed by atoms with Gasteiger partial charge in [-0.25, -0.2) is 4.98 Å². The second kappa shape index (κ2) is 6.19. The summed E-state index contributed by atoms with van der Waals surface area (Å²) in [5, 5.41) is 1.97. The van der Waals surface area contributed by atoms with Crippen LogP contribution < -0.4 is 5.73 Å². The molecule has 5 nitrogen and oxygen atoms in total. The zero-order chi connectivity index (χ0) is 14.7. The van der Waals surface area contributed by atoms with Crippen LogP contribution in [-0.2, 0) is 11.2 Å². The molecule has 1 amide bonds. The lowest BCUT2D eigenvalue weighted by molar-refractivity contribution is -0.130. The largest absolute Gasteiger partial charge is 0.440 e. The van der Waals surface area contributed by atoms with Crippen molar-refractivity contribution in [1.29, 1.82) is 0 Å². The number of oxazole rings is 1. The lowest BCUT2D eigenvalue weighted by atomic mass is 10.2. The van der Waals surface area contributed by atoms with E-state index in [1.165, 1.54) is 0 Å². The van der Waals surface area contributed by atoms with Gasteiger partial charge in [0, 0.05) is 19.6 Å². The molecule has 0 spiro atoms. The number of nitrogens with zero attached hydrogens (tertiary/aromatic N) is 2. The maximum atomic E-state index is 12.2. The third-order valence-electron chi connectivity index (χ3n) is 3.34. The Morgan fingerprint density at radius 2 is 2.35 bits per heavy atom. The number of thiophene rings is 1. The molecular weight excluding hydrogens is 274 g/mol. The van der Waals surface area contributed by atoms with Gasteiger partial charge in [-0.3, -0.25) is 4.79 Å². The molecule has 0 saturated heterocycles. The first-order valence-electron chi connectivity index (χ1n) is 6.48. The Morgan fingerprint density at radius 1 is 1.60 bits per heavy atom. The summed E-state index contributed by atoms with van der Waals surface area (Å²) in [7, 11) is 1.76. The van der Waals surface area contributed by atoms with Gasteiger partial charge in [0.25, 0.3) is 0 Å². The smallest absolute Gasteiger partial charge is 0.236 e. The van der Waals surface area contributed by atoms with E-state index in [0.29, 0.717) is 23.9 Å². The van der Waals surface area contributed by atoms with Gasteiger partial charge in [-0.15, -0.1) is 11.3 Å². The number of amides is 1. The van der Waals surface area contributed by atoms with Crippen molar-refractivity contribution in [3.63, 3.8) is 0 Å². The normalized spacial score (nSPS) is 12.4. The van der Waals surface area contributed by atoms with E-state index in [9.17, 15) is 4.79 Å². The molecular formula is C14H19N3O2S. The van der Waals surface area contributed by atoms with E-state index in [4.69, 9.17) is 10.2 Å². The van der Waals surface area contributed by atoms with E-state index in [1.807, 2.05) is 31.4 Å². The summed E-state index contributed by atoms with van der Waals surface area (Å²) in [6.07, 6.45) is 0.238. The van der Waals surface area contributed by atoms with Gasteiger partial charge in [0.2, 0.25) is 11.8 Å². The fourth-order valence-electron chi connectivity index (χ4n) is 1.77. The lowest BCUT2D eigenvalue weighted by Crippen LogP contribution is -2.40. The molecule has 6 heteroatoms. The van der Waals surface area contributed by atoms with Crippen molar-refractivity contribution in [2.75, 3.05) is 13.6 Å². The number of carbonyl (C=O) groups is 1. The van der Waals surface area contributed by atoms with Gasteiger partial charge >= 0.3 is 0 Å². The molecule has 0 fully saturated rings. The Bertz CT molecular complexity index is 577. The third-order valence-corrected chi connectivity index (χ3v) is 4.20. The maximum Gasteiger partial charge on any atom is 0.236 e. The molecule has 2 rings (SSSR count). The van der Waals surface area contributed by atoms with Crippen LogP contribution in [-0.4, -0.2) is 35.4 Å². The minimum atomic E-state index is -0.00270. The molecule has 0 bridgehead atoms. The molecule has 1 unspecified atom stereocenters. The number of nitrogens with two attached hydrogens (primary N) is 1. The van der Waals surface area contributed by atoms with Gasteiger partial charge in [-0.2, -0.15) is 0 Å². The molecule has 1 atom stereocenters. The van der Waals surface area contributed by atoms with E-state index in [0.717, 1.165) is 4.88 Å². The molecule has 2 aromatic rings. The van der Waals surface area contributed by atoms with Crippen LogP contribution in [0.4, 0.5) is 0 Å². The molecule has 0 radical (unpaired) electrons. The summed E-state index contributed by atoms with van der Waals surface area (Å²) in [5.41, 5.74) is 6.26. The van der Waals surface area contributed by atoms with Crippen molar-refractivity contribution in [2.45, 2.75) is 26.3 Å². The van der Waals surface area contributed by atoms with E-state index >= 15 is 0 Å². The van der Waals surface area contributed by atoms with Crippen LogP contribution >= 0.6 is 11.3 Å². The monoisotopic (exact) mass is 293 g/mol. The van der Waals surface area contributed by atoms with Crippen LogP contribution in [0, 0.1) is 6.92 Å². The summed E-state index contributed by atoms with van der Waals surface area (Å²) < 4.78 is 5.63. The molecule has 0 aliphatic carbocycles.